The fraction of sp³-hybridized carbons (Fsp3) is 0.263. The smallest absolute Gasteiger partial charge is 0.240 e. The summed E-state index contributed by atoms with van der Waals surface area (Å²) < 4.78 is 50.6. The normalized spacial score (nSPS) is 15.8. The number of amides is 2. The first-order chi connectivity index (χ1) is 13.4. The van der Waals surface area contributed by atoms with Crippen LogP contribution in [0.2, 0.25) is 0 Å². The molecule has 2 aromatic rings. The number of carbonyl (C=O) groups excluding carboxylic acids is 2. The third-order valence-electron chi connectivity index (χ3n) is 4.79. The molecule has 2 amide bonds. The molecule has 146 valence electrons. The third-order valence-corrected chi connectivity index (χ3v) is 4.79. The number of nitrogens with one attached hydrogen (secondary N) is 2. The summed E-state index contributed by atoms with van der Waals surface area (Å²) in [6.07, 6.45) is 0.550. The van der Waals surface area contributed by atoms with E-state index in [0.29, 0.717) is 17.6 Å². The fourth-order valence-electron chi connectivity index (χ4n) is 2.95. The van der Waals surface area contributed by atoms with Gasteiger partial charge >= 0.3 is 0 Å². The molecule has 0 spiro atoms. The average Bonchev–Trinajstić information content (AvgIpc) is 3.38. The van der Waals surface area contributed by atoms with Gasteiger partial charge in [0.05, 0.1) is 5.69 Å². The van der Waals surface area contributed by atoms with Gasteiger partial charge in [-0.05, 0) is 42.7 Å². The van der Waals surface area contributed by atoms with Gasteiger partial charge < -0.3 is 20.1 Å². The highest BCUT2D eigenvalue weighted by Crippen LogP contribution is 2.47. The largest absolute Gasteiger partial charge is 0.454 e. The Bertz CT molecular complexity index is 976. The molecular weight excluding hydrogens is 377 g/mol. The van der Waals surface area contributed by atoms with Gasteiger partial charge in [-0.15, -0.1) is 0 Å². The van der Waals surface area contributed by atoms with Gasteiger partial charge in [-0.25, -0.2) is 13.2 Å². The third kappa shape index (κ3) is 3.12. The highest BCUT2D eigenvalue weighted by molar-refractivity contribution is 6.13. The Kier molecular flexibility index (Phi) is 4.37. The lowest BCUT2D eigenvalue weighted by molar-refractivity contribution is -0.134. The summed E-state index contributed by atoms with van der Waals surface area (Å²) in [4.78, 5) is 25.0. The van der Waals surface area contributed by atoms with Crippen LogP contribution < -0.4 is 20.1 Å². The second-order valence-corrected chi connectivity index (χ2v) is 6.63. The maximum Gasteiger partial charge on any atom is 0.240 e. The molecule has 2 aromatic carbocycles. The lowest BCUT2D eigenvalue weighted by Gasteiger charge is -2.16. The molecule has 0 unspecified atom stereocenters. The van der Waals surface area contributed by atoms with E-state index in [2.05, 4.69) is 10.6 Å². The zero-order valence-corrected chi connectivity index (χ0v) is 14.5. The molecule has 1 saturated carbocycles. The molecule has 1 heterocycles. The lowest BCUT2D eigenvalue weighted by atomic mass is 10.0. The second-order valence-electron chi connectivity index (χ2n) is 6.63. The fourth-order valence-corrected chi connectivity index (χ4v) is 2.95. The Morgan fingerprint density at radius 2 is 1.71 bits per heavy atom. The summed E-state index contributed by atoms with van der Waals surface area (Å²) in [5.41, 5.74) is -1.12. The van der Waals surface area contributed by atoms with E-state index in [9.17, 15) is 22.8 Å². The van der Waals surface area contributed by atoms with Crippen molar-refractivity contribution in [3.63, 3.8) is 0 Å². The molecular formula is C19H15F3N2O4. The molecule has 4 rings (SSSR count). The Balaban J connectivity index is 1.41. The SMILES string of the molecule is O=C(NCc1ccc2c(c1)OCO2)C1(C(=O)Nc2ccc(F)c(F)c2F)CC1. The lowest BCUT2D eigenvalue weighted by Crippen LogP contribution is -2.39. The molecule has 9 heteroatoms. The minimum Gasteiger partial charge on any atom is -0.454 e. The van der Waals surface area contributed by atoms with Gasteiger partial charge in [0.1, 0.15) is 5.41 Å². The first kappa shape index (κ1) is 18.1. The van der Waals surface area contributed by atoms with Crippen molar-refractivity contribution in [3.05, 3.63) is 53.3 Å². The Morgan fingerprint density at radius 1 is 0.964 bits per heavy atom. The van der Waals surface area contributed by atoms with E-state index in [1.165, 1.54) is 0 Å². The van der Waals surface area contributed by atoms with Crippen molar-refractivity contribution < 1.29 is 32.2 Å². The van der Waals surface area contributed by atoms with Crippen LogP contribution in [-0.4, -0.2) is 18.6 Å². The molecule has 0 bridgehead atoms. The predicted octanol–water partition coefficient (Wildman–Crippen LogP) is 2.87. The number of hydrogen-bond acceptors (Lipinski definition) is 4. The van der Waals surface area contributed by atoms with Gasteiger partial charge in [0.2, 0.25) is 18.6 Å². The molecule has 1 aliphatic carbocycles. The molecule has 0 saturated heterocycles. The number of halogens is 3. The van der Waals surface area contributed by atoms with Gasteiger partial charge in [-0.2, -0.15) is 0 Å². The van der Waals surface area contributed by atoms with Crippen LogP contribution in [0.3, 0.4) is 0 Å². The summed E-state index contributed by atoms with van der Waals surface area (Å²) in [6, 6.07) is 6.80. The number of fused-ring (bicyclic) bond motifs is 1. The van der Waals surface area contributed by atoms with Crippen molar-refractivity contribution >= 4 is 17.5 Å². The van der Waals surface area contributed by atoms with Gasteiger partial charge in [0.15, 0.2) is 29.0 Å². The van der Waals surface area contributed by atoms with E-state index in [1.807, 2.05) is 0 Å². The number of rotatable bonds is 5. The van der Waals surface area contributed by atoms with Crippen LogP contribution in [0.1, 0.15) is 18.4 Å². The van der Waals surface area contributed by atoms with Crippen molar-refractivity contribution in [2.24, 2.45) is 5.41 Å². The van der Waals surface area contributed by atoms with Gasteiger partial charge in [0.25, 0.3) is 0 Å². The highest BCUT2D eigenvalue weighted by atomic mass is 19.2. The van der Waals surface area contributed by atoms with Crippen LogP contribution in [0, 0.1) is 22.9 Å². The molecule has 2 N–H and O–H groups in total. The maximum atomic E-state index is 13.8. The van der Waals surface area contributed by atoms with Crippen LogP contribution in [-0.2, 0) is 16.1 Å². The zero-order valence-electron chi connectivity index (χ0n) is 14.5. The van der Waals surface area contributed by atoms with Gasteiger partial charge in [-0.1, -0.05) is 6.07 Å². The standard InChI is InChI=1S/C19H15F3N2O4/c20-11-2-3-12(16(22)15(11)21)24-18(26)19(5-6-19)17(25)23-8-10-1-4-13-14(7-10)28-9-27-13/h1-4,7H,5-6,8-9H2,(H,23,25)(H,24,26). The number of anilines is 1. The average molecular weight is 392 g/mol. The van der Waals surface area contributed by atoms with E-state index in [4.69, 9.17) is 9.47 Å². The topological polar surface area (TPSA) is 76.7 Å². The number of benzene rings is 2. The molecule has 1 aliphatic heterocycles. The summed E-state index contributed by atoms with van der Waals surface area (Å²) in [7, 11) is 0. The number of carbonyl (C=O) groups is 2. The predicted molar refractivity (Wildman–Crippen MR) is 91.0 cm³/mol. The van der Waals surface area contributed by atoms with Gasteiger partial charge in [0, 0.05) is 6.54 Å². The highest BCUT2D eigenvalue weighted by Gasteiger charge is 2.56. The summed E-state index contributed by atoms with van der Waals surface area (Å²) in [5.74, 6) is -4.66. The molecule has 28 heavy (non-hydrogen) atoms. The second kappa shape index (κ2) is 6.74. The van der Waals surface area contributed by atoms with Crippen LogP contribution >= 0.6 is 0 Å². The summed E-state index contributed by atoms with van der Waals surface area (Å²) in [5, 5.41) is 4.85. The van der Waals surface area contributed by atoms with E-state index < -0.39 is 40.4 Å². The van der Waals surface area contributed by atoms with Crippen LogP contribution in [0.5, 0.6) is 11.5 Å². The number of ether oxygens (including phenoxy) is 2. The van der Waals surface area contributed by atoms with Crippen LogP contribution in [0.4, 0.5) is 18.9 Å². The Labute approximate surface area is 157 Å². The minimum absolute atomic E-state index is 0.134. The summed E-state index contributed by atoms with van der Waals surface area (Å²) in [6.45, 7) is 0.291. The first-order valence-corrected chi connectivity index (χ1v) is 8.52. The monoisotopic (exact) mass is 392 g/mol. The Hall–Kier alpha value is -3.23. The summed E-state index contributed by atoms with van der Waals surface area (Å²) >= 11 is 0. The molecule has 0 aromatic heterocycles. The molecule has 0 radical (unpaired) electrons. The minimum atomic E-state index is -1.69. The van der Waals surface area contributed by atoms with Crippen molar-refractivity contribution in [3.8, 4) is 11.5 Å². The molecule has 2 aliphatic rings. The van der Waals surface area contributed by atoms with Gasteiger partial charge in [-0.3, -0.25) is 9.59 Å². The van der Waals surface area contributed by atoms with Crippen molar-refractivity contribution in [1.82, 2.24) is 5.32 Å². The van der Waals surface area contributed by atoms with Crippen molar-refractivity contribution in [2.75, 3.05) is 12.1 Å². The van der Waals surface area contributed by atoms with Crippen molar-refractivity contribution in [2.45, 2.75) is 19.4 Å². The zero-order chi connectivity index (χ0) is 19.9. The van der Waals surface area contributed by atoms with Crippen LogP contribution in [0.15, 0.2) is 30.3 Å². The maximum absolute atomic E-state index is 13.8. The molecule has 6 nitrogen and oxygen atoms in total. The number of hydrogen-bond donors (Lipinski definition) is 2. The van der Waals surface area contributed by atoms with Crippen molar-refractivity contribution in [1.29, 1.82) is 0 Å². The van der Waals surface area contributed by atoms with E-state index in [0.717, 1.165) is 11.6 Å². The molecule has 0 atom stereocenters. The van der Waals surface area contributed by atoms with E-state index in [1.54, 1.807) is 18.2 Å². The van der Waals surface area contributed by atoms with E-state index >= 15 is 0 Å². The van der Waals surface area contributed by atoms with Crippen LogP contribution in [0.25, 0.3) is 0 Å². The Morgan fingerprint density at radius 3 is 2.46 bits per heavy atom. The molecule has 1 fully saturated rings. The first-order valence-electron chi connectivity index (χ1n) is 8.52. The quantitative estimate of drug-likeness (QED) is 0.606. The van der Waals surface area contributed by atoms with E-state index in [-0.39, 0.29) is 26.2 Å².